The Hall–Kier alpha value is -3.03. The number of halogens is 1. The summed E-state index contributed by atoms with van der Waals surface area (Å²) in [7, 11) is 1.63. The number of anilines is 1. The van der Waals surface area contributed by atoms with Gasteiger partial charge in [0.2, 0.25) is 5.91 Å². The van der Waals surface area contributed by atoms with Gasteiger partial charge in [0.05, 0.1) is 13.2 Å². The van der Waals surface area contributed by atoms with Gasteiger partial charge in [0.15, 0.2) is 0 Å². The average molecular weight is 427 g/mol. The summed E-state index contributed by atoms with van der Waals surface area (Å²) in [6.45, 7) is 1.83. The number of hydrogen-bond acceptors (Lipinski definition) is 5. The van der Waals surface area contributed by atoms with Crippen molar-refractivity contribution in [3.63, 3.8) is 0 Å². The second-order valence-electron chi connectivity index (χ2n) is 7.39. The highest BCUT2D eigenvalue weighted by molar-refractivity contribution is 6.31. The molecule has 2 aliphatic rings. The fourth-order valence-corrected chi connectivity index (χ4v) is 3.87. The predicted octanol–water partition coefficient (Wildman–Crippen LogP) is 3.23. The van der Waals surface area contributed by atoms with E-state index < -0.39 is 0 Å². The minimum absolute atomic E-state index is 0.0115. The van der Waals surface area contributed by atoms with E-state index in [1.54, 1.807) is 31.6 Å². The van der Waals surface area contributed by atoms with Crippen LogP contribution in [-0.4, -0.2) is 41.4 Å². The van der Waals surface area contributed by atoms with E-state index in [0.717, 1.165) is 16.9 Å². The quantitative estimate of drug-likeness (QED) is 0.767. The average Bonchev–Trinajstić information content (AvgIpc) is 3.18. The lowest BCUT2D eigenvalue weighted by Crippen LogP contribution is -2.49. The van der Waals surface area contributed by atoms with Crippen molar-refractivity contribution < 1.29 is 14.3 Å². The molecule has 8 heteroatoms. The number of hydrogen-bond donors (Lipinski definition) is 2. The van der Waals surface area contributed by atoms with Gasteiger partial charge in [-0.1, -0.05) is 29.8 Å². The van der Waals surface area contributed by atoms with E-state index in [1.165, 1.54) is 4.90 Å². The first-order valence-corrected chi connectivity index (χ1v) is 10.1. The molecule has 0 bridgehead atoms. The molecular formula is C22H23ClN4O3. The van der Waals surface area contributed by atoms with Crippen molar-refractivity contribution in [2.75, 3.05) is 19.0 Å². The third kappa shape index (κ3) is 4.13. The van der Waals surface area contributed by atoms with E-state index >= 15 is 0 Å². The molecule has 2 aliphatic heterocycles. The van der Waals surface area contributed by atoms with Crippen molar-refractivity contribution in [1.29, 1.82) is 0 Å². The molecule has 0 spiro atoms. The zero-order chi connectivity index (χ0) is 21.3. The highest BCUT2D eigenvalue weighted by Gasteiger charge is 2.40. The maximum Gasteiger partial charge on any atom is 0.251 e. The molecule has 2 unspecified atom stereocenters. The molecule has 0 aliphatic carbocycles. The van der Waals surface area contributed by atoms with E-state index in [0.29, 0.717) is 17.1 Å². The van der Waals surface area contributed by atoms with Crippen LogP contribution in [0.3, 0.4) is 0 Å². The summed E-state index contributed by atoms with van der Waals surface area (Å²) < 4.78 is 5.20. The van der Waals surface area contributed by atoms with Crippen LogP contribution in [0.25, 0.3) is 0 Å². The summed E-state index contributed by atoms with van der Waals surface area (Å²) >= 11 is 6.01. The lowest BCUT2D eigenvalue weighted by molar-refractivity contribution is -0.137. The SMILES string of the molecule is COc1ccc(C2CC3C(=O)N(CC(=O)Nc4cc(Cl)ccc4C)C=CN3N2)cc1. The van der Waals surface area contributed by atoms with Crippen molar-refractivity contribution in [2.24, 2.45) is 0 Å². The molecule has 2 N–H and O–H groups in total. The molecule has 2 amide bonds. The normalized spacial score (nSPS) is 20.3. The van der Waals surface area contributed by atoms with E-state index in [1.807, 2.05) is 42.3 Å². The molecule has 2 atom stereocenters. The molecule has 30 heavy (non-hydrogen) atoms. The van der Waals surface area contributed by atoms with Crippen LogP contribution in [0.2, 0.25) is 5.02 Å². The van der Waals surface area contributed by atoms with Gasteiger partial charge < -0.3 is 20.0 Å². The number of rotatable bonds is 5. The number of fused-ring (bicyclic) bond motifs is 1. The zero-order valence-electron chi connectivity index (χ0n) is 16.8. The zero-order valence-corrected chi connectivity index (χ0v) is 17.5. The molecule has 0 aromatic heterocycles. The number of nitrogens with zero attached hydrogens (tertiary/aromatic N) is 2. The molecule has 1 saturated heterocycles. The summed E-state index contributed by atoms with van der Waals surface area (Å²) in [5.41, 5.74) is 5.97. The molecular weight excluding hydrogens is 404 g/mol. The lowest BCUT2D eigenvalue weighted by Gasteiger charge is -2.31. The van der Waals surface area contributed by atoms with E-state index in [-0.39, 0.29) is 30.4 Å². The summed E-state index contributed by atoms with van der Waals surface area (Å²) in [6.07, 6.45) is 4.04. The highest BCUT2D eigenvalue weighted by Crippen LogP contribution is 2.31. The lowest BCUT2D eigenvalue weighted by atomic mass is 10.0. The third-order valence-electron chi connectivity index (χ3n) is 5.38. The molecule has 2 aromatic carbocycles. The number of methoxy groups -OCH3 is 1. The number of aryl methyl sites for hydroxylation is 1. The van der Waals surface area contributed by atoms with Crippen molar-refractivity contribution in [3.8, 4) is 5.75 Å². The van der Waals surface area contributed by atoms with Gasteiger partial charge in [-0.05, 0) is 48.7 Å². The third-order valence-corrected chi connectivity index (χ3v) is 5.62. The standard InChI is InChI=1S/C22H23ClN4O3/c1-14-3-6-16(23)11-18(14)24-21(28)13-26-9-10-27-20(22(26)29)12-19(25-27)15-4-7-17(30-2)8-5-15/h3-11,19-20,25H,12-13H2,1-2H3,(H,24,28). The fraction of sp³-hybridized carbons (Fsp3) is 0.273. The number of hydrazine groups is 1. The number of ether oxygens (including phenoxy) is 1. The number of carbonyl (C=O) groups excluding carboxylic acids is 2. The molecule has 1 fully saturated rings. The first kappa shape index (κ1) is 20.3. The number of benzene rings is 2. The van der Waals surface area contributed by atoms with Crippen molar-refractivity contribution in [1.82, 2.24) is 15.3 Å². The summed E-state index contributed by atoms with van der Waals surface area (Å²) in [5.74, 6) is 0.404. The van der Waals surface area contributed by atoms with Crippen LogP contribution < -0.4 is 15.5 Å². The van der Waals surface area contributed by atoms with Crippen molar-refractivity contribution >= 4 is 29.1 Å². The van der Waals surface area contributed by atoms with Gasteiger partial charge in [0.1, 0.15) is 18.3 Å². The molecule has 0 radical (unpaired) electrons. The first-order valence-electron chi connectivity index (χ1n) is 9.68. The number of amides is 2. The van der Waals surface area contributed by atoms with Crippen LogP contribution in [-0.2, 0) is 9.59 Å². The second kappa shape index (κ2) is 8.38. The Morgan fingerprint density at radius 2 is 2.00 bits per heavy atom. The second-order valence-corrected chi connectivity index (χ2v) is 7.82. The van der Waals surface area contributed by atoms with Gasteiger partial charge in [-0.3, -0.25) is 9.59 Å². The topological polar surface area (TPSA) is 73.9 Å². The van der Waals surface area contributed by atoms with Crippen LogP contribution in [0.15, 0.2) is 54.9 Å². The summed E-state index contributed by atoms with van der Waals surface area (Å²) in [6, 6.07) is 12.7. The van der Waals surface area contributed by atoms with E-state index in [9.17, 15) is 9.59 Å². The van der Waals surface area contributed by atoms with Gasteiger partial charge in [-0.25, -0.2) is 5.43 Å². The van der Waals surface area contributed by atoms with Gasteiger partial charge in [0, 0.05) is 23.1 Å². The van der Waals surface area contributed by atoms with Crippen LogP contribution in [0.1, 0.15) is 23.6 Å². The fourth-order valence-electron chi connectivity index (χ4n) is 3.69. The molecule has 4 rings (SSSR count). The van der Waals surface area contributed by atoms with Crippen LogP contribution >= 0.6 is 11.6 Å². The molecule has 0 saturated carbocycles. The Balaban J connectivity index is 1.40. The Labute approximate surface area is 180 Å². The Kier molecular flexibility index (Phi) is 5.65. The van der Waals surface area contributed by atoms with Gasteiger partial charge in [0.25, 0.3) is 5.91 Å². The maximum absolute atomic E-state index is 13.0. The maximum atomic E-state index is 13.0. The first-order chi connectivity index (χ1) is 14.4. The van der Waals surface area contributed by atoms with Gasteiger partial charge in [-0.2, -0.15) is 0 Å². The number of carbonyl (C=O) groups is 2. The molecule has 2 aromatic rings. The Bertz CT molecular complexity index is 992. The predicted molar refractivity (Wildman–Crippen MR) is 115 cm³/mol. The van der Waals surface area contributed by atoms with E-state index in [4.69, 9.17) is 16.3 Å². The van der Waals surface area contributed by atoms with E-state index in [2.05, 4.69) is 10.7 Å². The van der Waals surface area contributed by atoms with Gasteiger partial charge in [-0.15, -0.1) is 0 Å². The largest absolute Gasteiger partial charge is 0.497 e. The van der Waals surface area contributed by atoms with Crippen LogP contribution in [0, 0.1) is 6.92 Å². The summed E-state index contributed by atoms with van der Waals surface area (Å²) in [5, 5.41) is 5.19. The summed E-state index contributed by atoms with van der Waals surface area (Å²) in [4.78, 5) is 26.9. The molecule has 156 valence electrons. The van der Waals surface area contributed by atoms with Crippen molar-refractivity contribution in [3.05, 3.63) is 71.0 Å². The number of nitrogens with one attached hydrogen (secondary N) is 2. The smallest absolute Gasteiger partial charge is 0.251 e. The Morgan fingerprint density at radius 1 is 1.23 bits per heavy atom. The monoisotopic (exact) mass is 426 g/mol. The van der Waals surface area contributed by atoms with Crippen molar-refractivity contribution in [2.45, 2.75) is 25.4 Å². The minimum Gasteiger partial charge on any atom is -0.497 e. The minimum atomic E-state index is -0.359. The molecule has 7 nitrogen and oxygen atoms in total. The van der Waals surface area contributed by atoms with Crippen LogP contribution in [0.5, 0.6) is 5.75 Å². The van der Waals surface area contributed by atoms with Gasteiger partial charge >= 0.3 is 0 Å². The molecule has 2 heterocycles. The Morgan fingerprint density at radius 3 is 2.73 bits per heavy atom. The van der Waals surface area contributed by atoms with Crippen LogP contribution in [0.4, 0.5) is 5.69 Å². The highest BCUT2D eigenvalue weighted by atomic mass is 35.5.